The summed E-state index contributed by atoms with van der Waals surface area (Å²) in [7, 11) is 0. The molecule has 2 aromatic rings. The normalized spacial score (nSPS) is 12.4. The standard InChI is InChI=1S/C16H16BrCl2N/c1-11(7-12-3-2-4-14(18)8-12)20-10-13-5-6-15(19)9-16(13)17/h2-6,8-9,11,20H,7,10H2,1H3. The Morgan fingerprint density at radius 2 is 1.85 bits per heavy atom. The zero-order chi connectivity index (χ0) is 14.5. The van der Waals surface area contributed by atoms with E-state index in [1.54, 1.807) is 0 Å². The van der Waals surface area contributed by atoms with E-state index in [2.05, 4.69) is 34.2 Å². The van der Waals surface area contributed by atoms with Gasteiger partial charge in [0, 0.05) is 27.1 Å². The summed E-state index contributed by atoms with van der Waals surface area (Å²) in [6.07, 6.45) is 0.950. The van der Waals surface area contributed by atoms with E-state index >= 15 is 0 Å². The molecule has 0 aliphatic heterocycles. The van der Waals surface area contributed by atoms with Crippen LogP contribution in [-0.4, -0.2) is 6.04 Å². The number of nitrogens with one attached hydrogen (secondary N) is 1. The van der Waals surface area contributed by atoms with E-state index in [0.717, 1.165) is 27.5 Å². The molecule has 1 N–H and O–H groups in total. The third-order valence-corrected chi connectivity index (χ3v) is 4.30. The van der Waals surface area contributed by atoms with Gasteiger partial charge in [-0.1, -0.05) is 57.3 Å². The lowest BCUT2D eigenvalue weighted by molar-refractivity contribution is 0.545. The summed E-state index contributed by atoms with van der Waals surface area (Å²) in [5.41, 5.74) is 2.44. The highest BCUT2D eigenvalue weighted by Gasteiger charge is 2.06. The quantitative estimate of drug-likeness (QED) is 0.732. The Labute approximate surface area is 138 Å². The molecule has 2 aromatic carbocycles. The van der Waals surface area contributed by atoms with E-state index < -0.39 is 0 Å². The van der Waals surface area contributed by atoms with Crippen LogP contribution in [0.4, 0.5) is 0 Å². The van der Waals surface area contributed by atoms with Gasteiger partial charge in [0.1, 0.15) is 0 Å². The molecule has 1 unspecified atom stereocenters. The van der Waals surface area contributed by atoms with Crippen LogP contribution in [0.25, 0.3) is 0 Å². The first-order chi connectivity index (χ1) is 9.54. The van der Waals surface area contributed by atoms with Gasteiger partial charge in [-0.05, 0) is 48.7 Å². The molecule has 1 atom stereocenters. The van der Waals surface area contributed by atoms with Crippen LogP contribution in [-0.2, 0) is 13.0 Å². The second-order valence-corrected chi connectivity index (χ2v) is 6.58. The molecular formula is C16H16BrCl2N. The third-order valence-electron chi connectivity index (χ3n) is 3.09. The van der Waals surface area contributed by atoms with Gasteiger partial charge in [0.15, 0.2) is 0 Å². The predicted octanol–water partition coefficient (Wildman–Crippen LogP) is 5.48. The van der Waals surface area contributed by atoms with Gasteiger partial charge >= 0.3 is 0 Å². The lowest BCUT2D eigenvalue weighted by Crippen LogP contribution is -2.27. The zero-order valence-corrected chi connectivity index (χ0v) is 14.3. The van der Waals surface area contributed by atoms with Gasteiger partial charge in [0.25, 0.3) is 0 Å². The molecule has 0 fully saturated rings. The van der Waals surface area contributed by atoms with E-state index in [1.807, 2.05) is 36.4 Å². The van der Waals surface area contributed by atoms with Gasteiger partial charge in [-0.25, -0.2) is 0 Å². The Hall–Kier alpha value is -0.540. The number of hydrogen-bond acceptors (Lipinski definition) is 1. The SMILES string of the molecule is CC(Cc1cccc(Cl)c1)NCc1ccc(Cl)cc1Br. The maximum absolute atomic E-state index is 6.00. The molecule has 2 rings (SSSR count). The minimum Gasteiger partial charge on any atom is -0.310 e. The van der Waals surface area contributed by atoms with Gasteiger partial charge in [-0.2, -0.15) is 0 Å². The second-order valence-electron chi connectivity index (χ2n) is 4.85. The molecule has 0 aliphatic carbocycles. The van der Waals surface area contributed by atoms with Gasteiger partial charge in [0.2, 0.25) is 0 Å². The Morgan fingerprint density at radius 3 is 2.55 bits per heavy atom. The predicted molar refractivity (Wildman–Crippen MR) is 90.6 cm³/mol. The Bertz CT molecular complexity index is 586. The van der Waals surface area contributed by atoms with E-state index in [4.69, 9.17) is 23.2 Å². The van der Waals surface area contributed by atoms with Crippen molar-refractivity contribution < 1.29 is 0 Å². The van der Waals surface area contributed by atoms with Gasteiger partial charge < -0.3 is 5.32 Å². The molecule has 0 aromatic heterocycles. The van der Waals surface area contributed by atoms with Crippen molar-refractivity contribution in [3.63, 3.8) is 0 Å². The Morgan fingerprint density at radius 1 is 1.10 bits per heavy atom. The van der Waals surface area contributed by atoms with E-state index in [0.29, 0.717) is 6.04 Å². The van der Waals surface area contributed by atoms with Crippen molar-refractivity contribution in [1.82, 2.24) is 5.32 Å². The van der Waals surface area contributed by atoms with Crippen LogP contribution >= 0.6 is 39.1 Å². The fourth-order valence-electron chi connectivity index (χ4n) is 2.04. The smallest absolute Gasteiger partial charge is 0.0417 e. The van der Waals surface area contributed by atoms with E-state index in [-0.39, 0.29) is 0 Å². The molecule has 0 aliphatic rings. The summed E-state index contributed by atoms with van der Waals surface area (Å²) in [5, 5.41) is 5.04. The van der Waals surface area contributed by atoms with Crippen molar-refractivity contribution in [2.24, 2.45) is 0 Å². The topological polar surface area (TPSA) is 12.0 Å². The highest BCUT2D eigenvalue weighted by Crippen LogP contribution is 2.21. The number of halogens is 3. The van der Waals surface area contributed by atoms with Crippen LogP contribution in [0.15, 0.2) is 46.9 Å². The number of hydrogen-bond donors (Lipinski definition) is 1. The largest absolute Gasteiger partial charge is 0.310 e. The summed E-state index contributed by atoms with van der Waals surface area (Å²) in [5.74, 6) is 0. The Balaban J connectivity index is 1.90. The van der Waals surface area contributed by atoms with Crippen molar-refractivity contribution in [3.05, 3.63) is 68.1 Å². The summed E-state index contributed by atoms with van der Waals surface area (Å²) in [4.78, 5) is 0. The van der Waals surface area contributed by atoms with Crippen LogP contribution in [0, 0.1) is 0 Å². The summed E-state index contributed by atoms with van der Waals surface area (Å²) >= 11 is 15.5. The molecule has 0 bridgehead atoms. The fraction of sp³-hybridized carbons (Fsp3) is 0.250. The lowest BCUT2D eigenvalue weighted by atomic mass is 10.1. The fourth-order valence-corrected chi connectivity index (χ4v) is 3.07. The first-order valence-electron chi connectivity index (χ1n) is 6.46. The maximum atomic E-state index is 6.00. The molecule has 0 radical (unpaired) electrons. The Kier molecular flexibility index (Phi) is 5.91. The highest BCUT2D eigenvalue weighted by atomic mass is 79.9. The van der Waals surface area contributed by atoms with E-state index in [1.165, 1.54) is 11.1 Å². The van der Waals surface area contributed by atoms with Crippen molar-refractivity contribution in [1.29, 1.82) is 0 Å². The second kappa shape index (κ2) is 7.46. The molecule has 0 amide bonds. The van der Waals surface area contributed by atoms with Crippen molar-refractivity contribution in [2.75, 3.05) is 0 Å². The van der Waals surface area contributed by atoms with Crippen molar-refractivity contribution >= 4 is 39.1 Å². The average molecular weight is 373 g/mol. The minimum atomic E-state index is 0.371. The summed E-state index contributed by atoms with van der Waals surface area (Å²) < 4.78 is 1.03. The molecule has 1 nitrogen and oxygen atoms in total. The van der Waals surface area contributed by atoms with Crippen LogP contribution in [0.1, 0.15) is 18.1 Å². The number of rotatable bonds is 5. The molecule has 4 heteroatoms. The van der Waals surface area contributed by atoms with E-state index in [9.17, 15) is 0 Å². The number of benzene rings is 2. The molecular weight excluding hydrogens is 357 g/mol. The highest BCUT2D eigenvalue weighted by molar-refractivity contribution is 9.10. The van der Waals surface area contributed by atoms with Crippen LogP contribution in [0.3, 0.4) is 0 Å². The first-order valence-corrected chi connectivity index (χ1v) is 8.01. The maximum Gasteiger partial charge on any atom is 0.0417 e. The molecule has 106 valence electrons. The molecule has 0 spiro atoms. The monoisotopic (exact) mass is 371 g/mol. The zero-order valence-electron chi connectivity index (χ0n) is 11.2. The van der Waals surface area contributed by atoms with Gasteiger partial charge in [0.05, 0.1) is 0 Å². The van der Waals surface area contributed by atoms with Crippen molar-refractivity contribution in [3.8, 4) is 0 Å². The molecule has 0 heterocycles. The molecule has 0 saturated heterocycles. The van der Waals surface area contributed by atoms with Crippen molar-refractivity contribution in [2.45, 2.75) is 25.9 Å². The first kappa shape index (κ1) is 15.8. The van der Waals surface area contributed by atoms with Crippen LogP contribution in [0.5, 0.6) is 0 Å². The lowest BCUT2D eigenvalue weighted by Gasteiger charge is -2.15. The third kappa shape index (κ3) is 4.78. The summed E-state index contributed by atoms with van der Waals surface area (Å²) in [6.45, 7) is 2.98. The van der Waals surface area contributed by atoms with Gasteiger partial charge in [-0.3, -0.25) is 0 Å². The minimum absolute atomic E-state index is 0.371. The summed E-state index contributed by atoms with van der Waals surface area (Å²) in [6, 6.07) is 14.2. The van der Waals surface area contributed by atoms with Crippen LogP contribution in [0.2, 0.25) is 10.0 Å². The molecule has 0 saturated carbocycles. The van der Waals surface area contributed by atoms with Gasteiger partial charge in [-0.15, -0.1) is 0 Å². The van der Waals surface area contributed by atoms with Crippen LogP contribution < -0.4 is 5.32 Å². The average Bonchev–Trinajstić information content (AvgIpc) is 2.37. The molecule has 20 heavy (non-hydrogen) atoms.